The second kappa shape index (κ2) is 13.3. The largest absolute Gasteiger partial charge is 0.356 e. The third kappa shape index (κ3) is 10.5. The highest BCUT2D eigenvalue weighted by Gasteiger charge is 1.98. The Hall–Kier alpha value is -0.180. The van der Waals surface area contributed by atoms with Crippen LogP contribution < -0.4 is 10.6 Å². The van der Waals surface area contributed by atoms with Crippen LogP contribution in [-0.4, -0.2) is 57.4 Å². The van der Waals surface area contributed by atoms with E-state index >= 15 is 0 Å². The number of hydrogen-bond donors (Lipinski definition) is 2. The molecule has 0 fully saturated rings. The molecular formula is C15H26ClIN4S. The maximum Gasteiger partial charge on any atom is 0.191 e. The third-order valence-electron chi connectivity index (χ3n) is 2.78. The summed E-state index contributed by atoms with van der Waals surface area (Å²) in [5.41, 5.74) is 0. The van der Waals surface area contributed by atoms with Gasteiger partial charge in [0, 0.05) is 35.8 Å². The van der Waals surface area contributed by atoms with Gasteiger partial charge in [-0.05, 0) is 51.3 Å². The standard InChI is InChI=1S/C15H25ClN4S.HI/c1-17-15(18-9-4-11-20(2)3)19-10-12-21-14-7-5-13(16)6-8-14;/h5-8H,4,9-12H2,1-3H3,(H2,17,18,19);1H. The number of aliphatic imine (C=N–C) groups is 1. The first-order chi connectivity index (χ1) is 10.1. The molecule has 2 N–H and O–H groups in total. The first-order valence-electron chi connectivity index (χ1n) is 7.09. The summed E-state index contributed by atoms with van der Waals surface area (Å²) in [6, 6.07) is 7.92. The van der Waals surface area contributed by atoms with Gasteiger partial charge >= 0.3 is 0 Å². The normalized spacial score (nSPS) is 11.2. The average Bonchev–Trinajstić information content (AvgIpc) is 2.47. The molecule has 0 heterocycles. The fraction of sp³-hybridized carbons (Fsp3) is 0.533. The molecule has 4 nitrogen and oxygen atoms in total. The van der Waals surface area contributed by atoms with Crippen molar-refractivity contribution >= 4 is 53.3 Å². The highest BCUT2D eigenvalue weighted by atomic mass is 127. The first-order valence-corrected chi connectivity index (χ1v) is 8.46. The van der Waals surface area contributed by atoms with E-state index in [4.69, 9.17) is 11.6 Å². The molecule has 0 radical (unpaired) electrons. The number of nitrogens with zero attached hydrogens (tertiary/aromatic N) is 2. The zero-order valence-corrected chi connectivity index (χ0v) is 17.3. The van der Waals surface area contributed by atoms with Crippen LogP contribution in [0.3, 0.4) is 0 Å². The molecular weight excluding hydrogens is 431 g/mol. The minimum Gasteiger partial charge on any atom is -0.356 e. The third-order valence-corrected chi connectivity index (χ3v) is 4.04. The Balaban J connectivity index is 0.00000441. The van der Waals surface area contributed by atoms with E-state index in [-0.39, 0.29) is 24.0 Å². The van der Waals surface area contributed by atoms with E-state index in [1.807, 2.05) is 24.3 Å². The van der Waals surface area contributed by atoms with E-state index in [9.17, 15) is 0 Å². The van der Waals surface area contributed by atoms with Crippen LogP contribution in [0.15, 0.2) is 34.2 Å². The Labute approximate surface area is 160 Å². The van der Waals surface area contributed by atoms with Gasteiger partial charge in [-0.3, -0.25) is 4.99 Å². The lowest BCUT2D eigenvalue weighted by atomic mass is 10.4. The molecule has 1 aromatic carbocycles. The highest BCUT2D eigenvalue weighted by Crippen LogP contribution is 2.19. The Bertz CT molecular complexity index is 426. The number of rotatable bonds is 8. The number of benzene rings is 1. The lowest BCUT2D eigenvalue weighted by Crippen LogP contribution is -2.39. The summed E-state index contributed by atoms with van der Waals surface area (Å²) in [4.78, 5) is 7.63. The Morgan fingerprint density at radius 2 is 1.82 bits per heavy atom. The van der Waals surface area contributed by atoms with Crippen LogP contribution >= 0.6 is 47.3 Å². The van der Waals surface area contributed by atoms with Gasteiger partial charge in [0.2, 0.25) is 0 Å². The molecule has 0 saturated carbocycles. The summed E-state index contributed by atoms with van der Waals surface area (Å²) >= 11 is 7.67. The van der Waals surface area contributed by atoms with Crippen LogP contribution in [0.5, 0.6) is 0 Å². The molecule has 0 unspecified atom stereocenters. The van der Waals surface area contributed by atoms with Crippen LogP contribution in [0.1, 0.15) is 6.42 Å². The van der Waals surface area contributed by atoms with Gasteiger partial charge < -0.3 is 15.5 Å². The molecule has 0 amide bonds. The summed E-state index contributed by atoms with van der Waals surface area (Å²) in [6.07, 6.45) is 1.10. The van der Waals surface area contributed by atoms with Crippen molar-refractivity contribution in [3.63, 3.8) is 0 Å². The molecule has 0 saturated heterocycles. The lowest BCUT2D eigenvalue weighted by molar-refractivity contribution is 0.399. The minimum absolute atomic E-state index is 0. The van der Waals surface area contributed by atoms with Crippen LogP contribution in [-0.2, 0) is 0 Å². The summed E-state index contributed by atoms with van der Waals surface area (Å²) in [6.45, 7) is 2.89. The zero-order chi connectivity index (χ0) is 15.5. The number of nitrogens with one attached hydrogen (secondary N) is 2. The maximum atomic E-state index is 5.86. The zero-order valence-electron chi connectivity index (χ0n) is 13.4. The van der Waals surface area contributed by atoms with Crippen molar-refractivity contribution in [2.45, 2.75) is 11.3 Å². The number of halogens is 2. The molecule has 0 aliphatic carbocycles. The molecule has 0 aromatic heterocycles. The topological polar surface area (TPSA) is 39.7 Å². The molecule has 1 rings (SSSR count). The highest BCUT2D eigenvalue weighted by molar-refractivity contribution is 14.0. The maximum absolute atomic E-state index is 5.86. The van der Waals surface area contributed by atoms with E-state index in [1.165, 1.54) is 4.90 Å². The van der Waals surface area contributed by atoms with Crippen molar-refractivity contribution in [3.8, 4) is 0 Å². The molecule has 0 spiro atoms. The van der Waals surface area contributed by atoms with Crippen molar-refractivity contribution in [3.05, 3.63) is 29.3 Å². The summed E-state index contributed by atoms with van der Waals surface area (Å²) in [5, 5.41) is 7.41. The number of guanidine groups is 1. The van der Waals surface area contributed by atoms with E-state index in [2.05, 4.69) is 34.6 Å². The Kier molecular flexibility index (Phi) is 13.2. The second-order valence-corrected chi connectivity index (χ2v) is 6.49. The first kappa shape index (κ1) is 21.8. The van der Waals surface area contributed by atoms with Gasteiger partial charge in [0.25, 0.3) is 0 Å². The summed E-state index contributed by atoms with van der Waals surface area (Å²) in [7, 11) is 5.97. The minimum atomic E-state index is 0. The molecule has 0 aliphatic rings. The fourth-order valence-electron chi connectivity index (χ4n) is 1.69. The van der Waals surface area contributed by atoms with Gasteiger partial charge in [-0.15, -0.1) is 35.7 Å². The van der Waals surface area contributed by atoms with Crippen molar-refractivity contribution in [1.82, 2.24) is 15.5 Å². The average molecular weight is 457 g/mol. The van der Waals surface area contributed by atoms with Crippen LogP contribution in [0.2, 0.25) is 5.02 Å². The monoisotopic (exact) mass is 456 g/mol. The van der Waals surface area contributed by atoms with E-state index in [0.717, 1.165) is 42.8 Å². The van der Waals surface area contributed by atoms with Crippen molar-refractivity contribution in [1.29, 1.82) is 0 Å². The number of thioether (sulfide) groups is 1. The molecule has 0 bridgehead atoms. The van der Waals surface area contributed by atoms with Crippen LogP contribution in [0.25, 0.3) is 0 Å². The van der Waals surface area contributed by atoms with Gasteiger partial charge in [-0.2, -0.15) is 0 Å². The van der Waals surface area contributed by atoms with Gasteiger partial charge in [0.05, 0.1) is 0 Å². The van der Waals surface area contributed by atoms with Crippen molar-refractivity contribution < 1.29 is 0 Å². The quantitative estimate of drug-likeness (QED) is 0.207. The fourth-order valence-corrected chi connectivity index (χ4v) is 2.59. The SMILES string of the molecule is CN=C(NCCCN(C)C)NCCSc1ccc(Cl)cc1.I. The smallest absolute Gasteiger partial charge is 0.191 e. The Morgan fingerprint density at radius 1 is 1.18 bits per heavy atom. The van der Waals surface area contributed by atoms with Gasteiger partial charge in [-0.25, -0.2) is 0 Å². The number of hydrogen-bond acceptors (Lipinski definition) is 3. The van der Waals surface area contributed by atoms with Crippen molar-refractivity contribution in [2.75, 3.05) is 46.5 Å². The molecule has 0 aliphatic heterocycles. The van der Waals surface area contributed by atoms with Gasteiger partial charge in [0.15, 0.2) is 5.96 Å². The molecule has 22 heavy (non-hydrogen) atoms. The second-order valence-electron chi connectivity index (χ2n) is 4.88. The predicted molar refractivity (Wildman–Crippen MR) is 110 cm³/mol. The summed E-state index contributed by atoms with van der Waals surface area (Å²) < 4.78 is 0. The van der Waals surface area contributed by atoms with Crippen molar-refractivity contribution in [2.24, 2.45) is 4.99 Å². The molecule has 1 aromatic rings. The predicted octanol–water partition coefficient (Wildman–Crippen LogP) is 3.17. The summed E-state index contributed by atoms with van der Waals surface area (Å²) in [5.74, 6) is 1.85. The van der Waals surface area contributed by atoms with Gasteiger partial charge in [-0.1, -0.05) is 11.6 Å². The molecule has 126 valence electrons. The van der Waals surface area contributed by atoms with Crippen LogP contribution in [0.4, 0.5) is 0 Å². The van der Waals surface area contributed by atoms with E-state index in [1.54, 1.807) is 18.8 Å². The Morgan fingerprint density at radius 3 is 2.41 bits per heavy atom. The lowest BCUT2D eigenvalue weighted by Gasteiger charge is -2.13. The van der Waals surface area contributed by atoms with E-state index < -0.39 is 0 Å². The van der Waals surface area contributed by atoms with Crippen LogP contribution in [0, 0.1) is 0 Å². The molecule has 0 atom stereocenters. The molecule has 7 heteroatoms. The van der Waals surface area contributed by atoms with Gasteiger partial charge in [0.1, 0.15) is 0 Å². The van der Waals surface area contributed by atoms with E-state index in [0.29, 0.717) is 0 Å².